The monoisotopic (exact) mass is 726 g/mol. The number of fused-ring (bicyclic) bond motifs is 5. The van der Waals surface area contributed by atoms with Gasteiger partial charge in [-0.3, -0.25) is 0 Å². The molecule has 266 valence electrons. The van der Waals surface area contributed by atoms with Crippen LogP contribution in [-0.2, 0) is 0 Å². The minimum atomic E-state index is 0.680. The third-order valence-corrected chi connectivity index (χ3v) is 11.1. The lowest BCUT2D eigenvalue weighted by molar-refractivity contribution is 0.669. The number of hydrogen-bond acceptors (Lipinski definition) is 3. The first-order valence-electron chi connectivity index (χ1n) is 19.3. The van der Waals surface area contributed by atoms with Crippen molar-refractivity contribution in [3.8, 4) is 67.3 Å². The summed E-state index contributed by atoms with van der Waals surface area (Å²) < 4.78 is 6.24. The van der Waals surface area contributed by atoms with E-state index in [-0.39, 0.29) is 0 Å². The zero-order chi connectivity index (χ0) is 37.7. The van der Waals surface area contributed by atoms with E-state index in [2.05, 4.69) is 176 Å². The second-order valence-corrected chi connectivity index (χ2v) is 14.5. The van der Waals surface area contributed by atoms with Crippen molar-refractivity contribution in [1.82, 2.24) is 9.97 Å². The smallest absolute Gasteiger partial charge is 0.160 e. The van der Waals surface area contributed by atoms with E-state index in [0.29, 0.717) is 5.82 Å². The lowest BCUT2D eigenvalue weighted by Gasteiger charge is -2.16. The molecule has 0 aliphatic heterocycles. The van der Waals surface area contributed by atoms with Gasteiger partial charge in [0, 0.05) is 27.5 Å². The highest BCUT2D eigenvalue weighted by atomic mass is 16.3. The highest BCUT2D eigenvalue weighted by Crippen LogP contribution is 2.41. The maximum atomic E-state index is 6.24. The standard InChI is InChI=1S/C54H34N2O/c1-2-16-37(17-3-1)54-55-50(34-51(56-54)47-23-9-8-22-46(47)45-26-13-19-36-15-5-7-21-43(36)45)41-31-39(30-40(32-41)44-25-12-18-35-14-4-6-20-42(35)44)38-28-29-53-49(33-38)48-24-10-11-27-52(48)57-53/h1-34H. The van der Waals surface area contributed by atoms with Crippen molar-refractivity contribution in [2.45, 2.75) is 0 Å². The minimum Gasteiger partial charge on any atom is -0.456 e. The Labute approximate surface area is 330 Å². The summed E-state index contributed by atoms with van der Waals surface area (Å²) in [4.78, 5) is 10.6. The molecule has 2 heterocycles. The molecule has 0 radical (unpaired) electrons. The summed E-state index contributed by atoms with van der Waals surface area (Å²) in [6, 6.07) is 72.9. The van der Waals surface area contributed by atoms with Gasteiger partial charge in [-0.15, -0.1) is 0 Å². The molecule has 3 nitrogen and oxygen atoms in total. The Bertz CT molecular complexity index is 3300. The average molecular weight is 727 g/mol. The molecular weight excluding hydrogens is 693 g/mol. The van der Waals surface area contributed by atoms with Crippen molar-refractivity contribution in [2.24, 2.45) is 0 Å². The molecule has 11 rings (SSSR count). The maximum Gasteiger partial charge on any atom is 0.160 e. The van der Waals surface area contributed by atoms with Crippen LogP contribution in [0.1, 0.15) is 0 Å². The quantitative estimate of drug-likeness (QED) is 0.171. The SMILES string of the molecule is c1ccc(-c2nc(-c3cc(-c4ccc5oc6ccccc6c5c4)cc(-c4cccc5ccccc45)c3)cc(-c3ccccc3-c3cccc4ccccc34)n2)cc1. The number of hydrogen-bond donors (Lipinski definition) is 0. The van der Waals surface area contributed by atoms with Gasteiger partial charge in [-0.2, -0.15) is 0 Å². The van der Waals surface area contributed by atoms with Gasteiger partial charge in [0.1, 0.15) is 11.2 Å². The third-order valence-electron chi connectivity index (χ3n) is 11.1. The van der Waals surface area contributed by atoms with E-state index in [4.69, 9.17) is 14.4 Å². The van der Waals surface area contributed by atoms with Crippen LogP contribution in [0.5, 0.6) is 0 Å². The fraction of sp³-hybridized carbons (Fsp3) is 0. The number of rotatable bonds is 6. The van der Waals surface area contributed by atoms with Gasteiger partial charge in [0.2, 0.25) is 0 Å². The maximum absolute atomic E-state index is 6.24. The normalized spacial score (nSPS) is 11.5. The molecule has 0 atom stereocenters. The van der Waals surface area contributed by atoms with Gasteiger partial charge in [-0.25, -0.2) is 9.97 Å². The van der Waals surface area contributed by atoms with Gasteiger partial charge < -0.3 is 4.42 Å². The summed E-state index contributed by atoms with van der Waals surface area (Å²) >= 11 is 0. The molecule has 3 heteroatoms. The van der Waals surface area contributed by atoms with E-state index in [9.17, 15) is 0 Å². The topological polar surface area (TPSA) is 38.9 Å². The number of nitrogens with zero attached hydrogens (tertiary/aromatic N) is 2. The molecule has 2 aromatic heterocycles. The largest absolute Gasteiger partial charge is 0.456 e. The van der Waals surface area contributed by atoms with Crippen LogP contribution < -0.4 is 0 Å². The van der Waals surface area contributed by atoms with Crippen molar-refractivity contribution in [3.63, 3.8) is 0 Å². The zero-order valence-corrected chi connectivity index (χ0v) is 30.9. The van der Waals surface area contributed by atoms with Crippen LogP contribution >= 0.6 is 0 Å². The number of aromatic nitrogens is 2. The van der Waals surface area contributed by atoms with Gasteiger partial charge in [-0.05, 0) is 97.4 Å². The van der Waals surface area contributed by atoms with Gasteiger partial charge in [0.25, 0.3) is 0 Å². The van der Waals surface area contributed by atoms with E-state index < -0.39 is 0 Å². The third kappa shape index (κ3) is 5.85. The van der Waals surface area contributed by atoms with Crippen LogP contribution in [-0.4, -0.2) is 9.97 Å². The summed E-state index contributed by atoms with van der Waals surface area (Å²) in [6.07, 6.45) is 0. The fourth-order valence-electron chi connectivity index (χ4n) is 8.33. The highest BCUT2D eigenvalue weighted by Gasteiger charge is 2.18. The first kappa shape index (κ1) is 32.8. The molecule has 0 N–H and O–H groups in total. The van der Waals surface area contributed by atoms with Crippen molar-refractivity contribution < 1.29 is 4.42 Å². The minimum absolute atomic E-state index is 0.680. The predicted molar refractivity (Wildman–Crippen MR) is 237 cm³/mol. The Morgan fingerprint density at radius 2 is 0.842 bits per heavy atom. The van der Waals surface area contributed by atoms with Gasteiger partial charge in [-0.1, -0.05) is 164 Å². The van der Waals surface area contributed by atoms with Crippen molar-refractivity contribution in [3.05, 3.63) is 206 Å². The Hall–Kier alpha value is -7.62. The van der Waals surface area contributed by atoms with E-state index >= 15 is 0 Å². The summed E-state index contributed by atoms with van der Waals surface area (Å²) in [5, 5.41) is 7.03. The lowest BCUT2D eigenvalue weighted by atomic mass is 9.91. The molecule has 0 saturated heterocycles. The van der Waals surface area contributed by atoms with Gasteiger partial charge in [0.05, 0.1) is 11.4 Å². The molecule has 0 aliphatic rings. The van der Waals surface area contributed by atoms with Crippen molar-refractivity contribution in [2.75, 3.05) is 0 Å². The Balaban J connectivity index is 1.16. The summed E-state index contributed by atoms with van der Waals surface area (Å²) in [6.45, 7) is 0. The van der Waals surface area contributed by atoms with E-state index in [1.54, 1.807) is 0 Å². The molecule has 0 bridgehead atoms. The second kappa shape index (κ2) is 13.6. The van der Waals surface area contributed by atoms with Gasteiger partial charge >= 0.3 is 0 Å². The Morgan fingerprint density at radius 3 is 1.65 bits per heavy atom. The summed E-state index contributed by atoms with van der Waals surface area (Å²) in [5.41, 5.74) is 13.3. The molecule has 0 amide bonds. The average Bonchev–Trinajstić information content (AvgIpc) is 3.67. The lowest BCUT2D eigenvalue weighted by Crippen LogP contribution is -1.98. The van der Waals surface area contributed by atoms with Crippen LogP contribution in [0, 0.1) is 0 Å². The molecule has 57 heavy (non-hydrogen) atoms. The zero-order valence-electron chi connectivity index (χ0n) is 30.9. The van der Waals surface area contributed by atoms with Crippen molar-refractivity contribution in [1.29, 1.82) is 0 Å². The molecule has 0 spiro atoms. The number of para-hydroxylation sites is 1. The van der Waals surface area contributed by atoms with E-state index in [1.807, 2.05) is 30.3 Å². The van der Waals surface area contributed by atoms with Gasteiger partial charge in [0.15, 0.2) is 5.82 Å². The van der Waals surface area contributed by atoms with Crippen molar-refractivity contribution >= 4 is 43.5 Å². The van der Waals surface area contributed by atoms with Crippen LogP contribution in [0.15, 0.2) is 211 Å². The predicted octanol–water partition coefficient (Wildman–Crippen LogP) is 14.7. The fourth-order valence-corrected chi connectivity index (χ4v) is 8.33. The molecule has 9 aromatic carbocycles. The number of benzene rings is 9. The molecule has 0 aliphatic carbocycles. The molecule has 0 fully saturated rings. The first-order valence-corrected chi connectivity index (χ1v) is 19.3. The Morgan fingerprint density at radius 1 is 0.281 bits per heavy atom. The Kier molecular flexibility index (Phi) is 7.82. The first-order chi connectivity index (χ1) is 28.2. The van der Waals surface area contributed by atoms with E-state index in [0.717, 1.165) is 72.3 Å². The van der Waals surface area contributed by atoms with Crippen LogP contribution in [0.25, 0.3) is 111 Å². The van der Waals surface area contributed by atoms with Crippen LogP contribution in [0.4, 0.5) is 0 Å². The van der Waals surface area contributed by atoms with Crippen LogP contribution in [0.3, 0.4) is 0 Å². The molecular formula is C54H34N2O. The van der Waals surface area contributed by atoms with E-state index in [1.165, 1.54) is 32.7 Å². The number of furan rings is 1. The molecule has 0 saturated carbocycles. The second-order valence-electron chi connectivity index (χ2n) is 14.5. The molecule has 0 unspecified atom stereocenters. The summed E-state index contributed by atoms with van der Waals surface area (Å²) in [5.74, 6) is 0.680. The molecule has 11 aromatic rings. The highest BCUT2D eigenvalue weighted by molar-refractivity contribution is 6.07. The summed E-state index contributed by atoms with van der Waals surface area (Å²) in [7, 11) is 0. The van der Waals surface area contributed by atoms with Crippen LogP contribution in [0.2, 0.25) is 0 Å².